The Morgan fingerprint density at radius 1 is 1.42 bits per heavy atom. The number of ether oxygens (including phenoxy) is 1. The molecule has 0 aliphatic carbocycles. The van der Waals surface area contributed by atoms with E-state index in [1.165, 1.54) is 43.0 Å². The van der Waals surface area contributed by atoms with Crippen LogP contribution in [0.15, 0.2) is 40.5 Å². The molecule has 2 aromatic rings. The molecule has 0 saturated carbocycles. The number of allylic oxidation sites excluding steroid dienone is 1. The molecule has 1 aromatic carbocycles. The van der Waals surface area contributed by atoms with Crippen molar-refractivity contribution in [2.75, 3.05) is 12.4 Å². The summed E-state index contributed by atoms with van der Waals surface area (Å²) < 4.78 is 6.30. The molecule has 1 aliphatic rings. The Morgan fingerprint density at radius 3 is 2.62 bits per heavy atom. The highest BCUT2D eigenvalue weighted by Crippen LogP contribution is 2.38. The number of fused-ring (bicyclic) bond motifs is 1. The molecule has 3 N–H and O–H groups in total. The van der Waals surface area contributed by atoms with Crippen LogP contribution >= 0.6 is 0 Å². The normalized spacial score (nSPS) is 15.7. The Labute approximate surface area is 147 Å². The molecule has 3 rings (SSSR count). The molecular weight excluding hydrogens is 340 g/mol. The Kier molecular flexibility index (Phi) is 4.05. The van der Waals surface area contributed by atoms with Gasteiger partial charge < -0.3 is 15.8 Å². The summed E-state index contributed by atoms with van der Waals surface area (Å²) in [6, 6.07) is 7.69. The number of anilines is 1. The number of nitrogens with zero attached hydrogens (tertiary/aromatic N) is 4. The third kappa shape index (κ3) is 2.51. The highest BCUT2D eigenvalue weighted by molar-refractivity contribution is 5.64. The number of non-ortho nitro benzene ring substituents is 1. The van der Waals surface area contributed by atoms with Gasteiger partial charge in [0.1, 0.15) is 11.6 Å². The third-order valence-corrected chi connectivity index (χ3v) is 4.15. The van der Waals surface area contributed by atoms with Gasteiger partial charge in [0, 0.05) is 19.2 Å². The molecule has 0 saturated heterocycles. The Hall–Kier alpha value is -3.87. The van der Waals surface area contributed by atoms with Crippen LogP contribution in [0.1, 0.15) is 17.0 Å². The Bertz CT molecular complexity index is 1030. The SMILES string of the molecule is COc1nc2c(c(=O)n1C)C(c1ccc([N+](=O)[O-])cc1)C(C#N)=C(N)N2. The van der Waals surface area contributed by atoms with Crippen molar-refractivity contribution in [3.63, 3.8) is 0 Å². The van der Waals surface area contributed by atoms with Gasteiger partial charge in [-0.15, -0.1) is 0 Å². The largest absolute Gasteiger partial charge is 0.468 e. The second kappa shape index (κ2) is 6.21. The zero-order valence-corrected chi connectivity index (χ0v) is 13.9. The molecule has 10 nitrogen and oxygen atoms in total. The van der Waals surface area contributed by atoms with Gasteiger partial charge in [-0.25, -0.2) is 0 Å². The van der Waals surface area contributed by atoms with E-state index in [2.05, 4.69) is 10.3 Å². The van der Waals surface area contributed by atoms with E-state index in [0.29, 0.717) is 5.56 Å². The van der Waals surface area contributed by atoms with Crippen LogP contribution in [0.2, 0.25) is 0 Å². The maximum Gasteiger partial charge on any atom is 0.300 e. The molecule has 0 spiro atoms. The van der Waals surface area contributed by atoms with Gasteiger partial charge in [-0.3, -0.25) is 19.5 Å². The van der Waals surface area contributed by atoms with Gasteiger partial charge in [0.15, 0.2) is 0 Å². The number of aromatic nitrogens is 2. The smallest absolute Gasteiger partial charge is 0.300 e. The number of nitro benzene ring substituents is 1. The molecule has 1 unspecified atom stereocenters. The van der Waals surface area contributed by atoms with Crippen molar-refractivity contribution < 1.29 is 9.66 Å². The zero-order valence-electron chi connectivity index (χ0n) is 13.9. The summed E-state index contributed by atoms with van der Waals surface area (Å²) in [7, 11) is 2.87. The van der Waals surface area contributed by atoms with Crippen molar-refractivity contribution in [2.45, 2.75) is 5.92 Å². The highest BCUT2D eigenvalue weighted by Gasteiger charge is 2.34. The van der Waals surface area contributed by atoms with Crippen molar-refractivity contribution in [1.82, 2.24) is 9.55 Å². The molecule has 1 aromatic heterocycles. The molecule has 2 heterocycles. The van der Waals surface area contributed by atoms with Crippen LogP contribution in [-0.2, 0) is 7.05 Å². The van der Waals surface area contributed by atoms with Crippen molar-refractivity contribution in [3.8, 4) is 12.1 Å². The van der Waals surface area contributed by atoms with Gasteiger partial charge in [-0.1, -0.05) is 12.1 Å². The molecule has 26 heavy (non-hydrogen) atoms. The molecule has 10 heteroatoms. The lowest BCUT2D eigenvalue weighted by Crippen LogP contribution is -2.33. The summed E-state index contributed by atoms with van der Waals surface area (Å²) in [5, 5.41) is 23.2. The zero-order chi connectivity index (χ0) is 19.0. The first-order valence-electron chi connectivity index (χ1n) is 7.45. The first-order valence-corrected chi connectivity index (χ1v) is 7.45. The predicted octanol–water partition coefficient (Wildman–Crippen LogP) is 0.948. The van der Waals surface area contributed by atoms with E-state index < -0.39 is 16.4 Å². The average molecular weight is 354 g/mol. The minimum Gasteiger partial charge on any atom is -0.468 e. The van der Waals surface area contributed by atoms with Gasteiger partial charge in [0.05, 0.1) is 35.2 Å². The number of nitrogens with one attached hydrogen (secondary N) is 1. The van der Waals surface area contributed by atoms with Gasteiger partial charge in [-0.05, 0) is 5.56 Å². The van der Waals surface area contributed by atoms with Crippen molar-refractivity contribution >= 4 is 11.5 Å². The lowest BCUT2D eigenvalue weighted by Gasteiger charge is -2.26. The Balaban J connectivity index is 2.27. The second-order valence-corrected chi connectivity index (χ2v) is 5.57. The van der Waals surface area contributed by atoms with Crippen LogP contribution in [0, 0.1) is 21.4 Å². The first kappa shape index (κ1) is 17.0. The van der Waals surface area contributed by atoms with Crippen LogP contribution in [0.4, 0.5) is 11.5 Å². The summed E-state index contributed by atoms with van der Waals surface area (Å²) in [6.45, 7) is 0. The van der Waals surface area contributed by atoms with Crippen molar-refractivity contribution in [1.29, 1.82) is 5.26 Å². The van der Waals surface area contributed by atoms with E-state index in [9.17, 15) is 20.2 Å². The quantitative estimate of drug-likeness (QED) is 0.611. The van der Waals surface area contributed by atoms with Crippen LogP contribution < -0.4 is 21.3 Å². The molecule has 0 amide bonds. The lowest BCUT2D eigenvalue weighted by molar-refractivity contribution is -0.384. The molecule has 0 radical (unpaired) electrons. The number of methoxy groups -OCH3 is 1. The van der Waals surface area contributed by atoms with Crippen LogP contribution in [-0.4, -0.2) is 21.6 Å². The molecule has 0 fully saturated rings. The lowest BCUT2D eigenvalue weighted by atomic mass is 9.84. The average Bonchev–Trinajstić information content (AvgIpc) is 2.63. The summed E-state index contributed by atoms with van der Waals surface area (Å²) in [4.78, 5) is 27.4. The summed E-state index contributed by atoms with van der Waals surface area (Å²) >= 11 is 0. The first-order chi connectivity index (χ1) is 12.4. The topological polar surface area (TPSA) is 149 Å². The molecule has 1 aliphatic heterocycles. The highest BCUT2D eigenvalue weighted by atomic mass is 16.6. The third-order valence-electron chi connectivity index (χ3n) is 4.15. The van der Waals surface area contributed by atoms with E-state index in [0.717, 1.165) is 0 Å². The summed E-state index contributed by atoms with van der Waals surface area (Å²) in [5.74, 6) is -0.551. The van der Waals surface area contributed by atoms with Crippen molar-refractivity contribution in [3.05, 3.63) is 67.3 Å². The molecular formula is C16H14N6O4. The van der Waals surface area contributed by atoms with E-state index in [1.807, 2.05) is 6.07 Å². The van der Waals surface area contributed by atoms with E-state index >= 15 is 0 Å². The number of rotatable bonds is 3. The maximum absolute atomic E-state index is 12.8. The maximum atomic E-state index is 12.8. The van der Waals surface area contributed by atoms with Gasteiger partial charge in [-0.2, -0.15) is 10.2 Å². The summed E-state index contributed by atoms with van der Waals surface area (Å²) in [6.07, 6.45) is 0. The van der Waals surface area contributed by atoms with E-state index in [-0.39, 0.29) is 34.5 Å². The van der Waals surface area contributed by atoms with Gasteiger partial charge in [0.25, 0.3) is 11.2 Å². The standard InChI is InChI=1S/C16H14N6O4/c1-21-15(23)12-11(8-3-5-9(6-4-8)22(24)25)10(7-17)13(18)19-14(12)20-16(21)26-2/h3-6,11,19H,18H2,1-2H3. The molecule has 132 valence electrons. The fourth-order valence-corrected chi connectivity index (χ4v) is 2.88. The van der Waals surface area contributed by atoms with Gasteiger partial charge >= 0.3 is 6.01 Å². The monoisotopic (exact) mass is 354 g/mol. The van der Waals surface area contributed by atoms with E-state index in [1.54, 1.807) is 0 Å². The molecule has 0 bridgehead atoms. The van der Waals surface area contributed by atoms with Crippen LogP contribution in [0.3, 0.4) is 0 Å². The fraction of sp³-hybridized carbons (Fsp3) is 0.188. The molecule has 1 atom stereocenters. The second-order valence-electron chi connectivity index (χ2n) is 5.57. The van der Waals surface area contributed by atoms with Crippen molar-refractivity contribution in [2.24, 2.45) is 12.8 Å². The van der Waals surface area contributed by atoms with Gasteiger partial charge in [0.2, 0.25) is 0 Å². The number of hydrogen-bond acceptors (Lipinski definition) is 8. The number of nitro groups is 1. The van der Waals surface area contributed by atoms with E-state index in [4.69, 9.17) is 10.5 Å². The Morgan fingerprint density at radius 2 is 2.08 bits per heavy atom. The minimum absolute atomic E-state index is 0.0613. The predicted molar refractivity (Wildman–Crippen MR) is 91.4 cm³/mol. The van der Waals surface area contributed by atoms with Crippen LogP contribution in [0.25, 0.3) is 0 Å². The summed E-state index contributed by atoms with van der Waals surface area (Å²) in [5.41, 5.74) is 6.29. The fourth-order valence-electron chi connectivity index (χ4n) is 2.88. The number of nitriles is 1. The van der Waals surface area contributed by atoms with Crippen LogP contribution in [0.5, 0.6) is 6.01 Å². The minimum atomic E-state index is -0.797. The number of nitrogens with two attached hydrogens (primary N) is 1. The number of benzene rings is 1. The number of hydrogen-bond donors (Lipinski definition) is 2.